The van der Waals surface area contributed by atoms with E-state index in [1.54, 1.807) is 0 Å². The molecule has 1 amide bonds. The molecule has 114 valence electrons. The molecule has 3 aromatic rings. The molecule has 22 heavy (non-hydrogen) atoms. The van der Waals surface area contributed by atoms with Crippen molar-refractivity contribution >= 4 is 27.6 Å². The van der Waals surface area contributed by atoms with Crippen molar-refractivity contribution in [3.8, 4) is 0 Å². The summed E-state index contributed by atoms with van der Waals surface area (Å²) in [5.41, 5.74) is 1.51. The summed E-state index contributed by atoms with van der Waals surface area (Å²) in [5, 5.41) is 15.7. The standard InChI is InChI=1S/C18H20N2O2/c1-2-13(21)9-10-19-18(22)17-11-15-14-6-4-3-5-12(14)7-8-16(15)20-17/h3-8,11,13,20-21H,2,9-10H2,1H3,(H,19,22). The highest BCUT2D eigenvalue weighted by Crippen LogP contribution is 2.25. The fourth-order valence-corrected chi connectivity index (χ4v) is 2.66. The van der Waals surface area contributed by atoms with E-state index in [1.165, 1.54) is 0 Å². The van der Waals surface area contributed by atoms with Crippen molar-refractivity contribution in [3.05, 3.63) is 48.2 Å². The predicted octanol–water partition coefficient (Wildman–Crippen LogP) is 3.21. The van der Waals surface area contributed by atoms with Crippen molar-refractivity contribution in [2.75, 3.05) is 6.54 Å². The van der Waals surface area contributed by atoms with E-state index in [0.717, 1.165) is 21.7 Å². The van der Waals surface area contributed by atoms with E-state index in [4.69, 9.17) is 0 Å². The van der Waals surface area contributed by atoms with Gasteiger partial charge in [0, 0.05) is 17.4 Å². The van der Waals surface area contributed by atoms with Gasteiger partial charge in [-0.3, -0.25) is 4.79 Å². The molecule has 0 saturated heterocycles. The van der Waals surface area contributed by atoms with Gasteiger partial charge < -0.3 is 15.4 Å². The Morgan fingerprint density at radius 3 is 2.86 bits per heavy atom. The van der Waals surface area contributed by atoms with Gasteiger partial charge in [0.2, 0.25) is 0 Å². The van der Waals surface area contributed by atoms with Gasteiger partial charge in [-0.2, -0.15) is 0 Å². The van der Waals surface area contributed by atoms with Crippen LogP contribution in [0.25, 0.3) is 21.7 Å². The van der Waals surface area contributed by atoms with Crippen LogP contribution < -0.4 is 5.32 Å². The fourth-order valence-electron chi connectivity index (χ4n) is 2.66. The highest BCUT2D eigenvalue weighted by molar-refractivity contribution is 6.09. The third-order valence-corrected chi connectivity index (χ3v) is 4.01. The van der Waals surface area contributed by atoms with Gasteiger partial charge in [0.25, 0.3) is 5.91 Å². The van der Waals surface area contributed by atoms with Crippen LogP contribution in [-0.4, -0.2) is 28.6 Å². The molecular formula is C18H20N2O2. The number of hydrogen-bond acceptors (Lipinski definition) is 2. The zero-order chi connectivity index (χ0) is 15.5. The summed E-state index contributed by atoms with van der Waals surface area (Å²) in [5.74, 6) is -0.136. The predicted molar refractivity (Wildman–Crippen MR) is 89.1 cm³/mol. The first-order chi connectivity index (χ1) is 10.7. The molecule has 0 spiro atoms. The Bertz CT molecular complexity index is 807. The minimum atomic E-state index is -0.355. The van der Waals surface area contributed by atoms with E-state index in [2.05, 4.69) is 22.4 Å². The van der Waals surface area contributed by atoms with Gasteiger partial charge in [-0.15, -0.1) is 0 Å². The maximum absolute atomic E-state index is 12.2. The molecule has 0 radical (unpaired) electrons. The molecular weight excluding hydrogens is 276 g/mol. The first-order valence-electron chi connectivity index (χ1n) is 7.65. The van der Waals surface area contributed by atoms with Gasteiger partial charge >= 0.3 is 0 Å². The summed E-state index contributed by atoms with van der Waals surface area (Å²) in [4.78, 5) is 15.4. The van der Waals surface area contributed by atoms with Crippen LogP contribution in [0.2, 0.25) is 0 Å². The molecule has 2 aromatic carbocycles. The van der Waals surface area contributed by atoms with E-state index in [9.17, 15) is 9.90 Å². The van der Waals surface area contributed by atoms with E-state index >= 15 is 0 Å². The van der Waals surface area contributed by atoms with E-state index < -0.39 is 0 Å². The Labute approximate surface area is 129 Å². The molecule has 1 unspecified atom stereocenters. The Kier molecular flexibility index (Phi) is 4.11. The van der Waals surface area contributed by atoms with Crippen LogP contribution in [0.5, 0.6) is 0 Å². The highest BCUT2D eigenvalue weighted by Gasteiger charge is 2.11. The maximum Gasteiger partial charge on any atom is 0.267 e. The minimum absolute atomic E-state index is 0.136. The lowest BCUT2D eigenvalue weighted by Gasteiger charge is -2.07. The number of carbonyl (C=O) groups excluding carboxylic acids is 1. The fraction of sp³-hybridized carbons (Fsp3) is 0.278. The average molecular weight is 296 g/mol. The van der Waals surface area contributed by atoms with E-state index in [1.807, 2.05) is 37.3 Å². The summed E-state index contributed by atoms with van der Waals surface area (Å²) in [6, 6.07) is 14.1. The number of hydrogen-bond donors (Lipinski definition) is 3. The molecule has 1 aromatic heterocycles. The second-order valence-corrected chi connectivity index (χ2v) is 5.54. The molecule has 0 aliphatic heterocycles. The highest BCUT2D eigenvalue weighted by atomic mass is 16.3. The molecule has 3 rings (SSSR count). The number of amides is 1. The number of nitrogens with one attached hydrogen (secondary N) is 2. The molecule has 0 bridgehead atoms. The number of rotatable bonds is 5. The van der Waals surface area contributed by atoms with Crippen LogP contribution in [-0.2, 0) is 0 Å². The van der Waals surface area contributed by atoms with Crippen LogP contribution in [0, 0.1) is 0 Å². The normalized spacial score (nSPS) is 12.6. The minimum Gasteiger partial charge on any atom is -0.393 e. The SMILES string of the molecule is CCC(O)CCNC(=O)c1cc2c(ccc3ccccc32)[nH]1. The molecule has 3 N–H and O–H groups in total. The van der Waals surface area contributed by atoms with Crippen molar-refractivity contribution < 1.29 is 9.90 Å². The number of aliphatic hydroxyl groups excluding tert-OH is 1. The Hall–Kier alpha value is -2.33. The van der Waals surface area contributed by atoms with Crippen molar-refractivity contribution in [3.63, 3.8) is 0 Å². The summed E-state index contributed by atoms with van der Waals surface area (Å²) in [7, 11) is 0. The Balaban J connectivity index is 1.82. The van der Waals surface area contributed by atoms with E-state index in [0.29, 0.717) is 25.1 Å². The molecule has 0 fully saturated rings. The second kappa shape index (κ2) is 6.20. The van der Waals surface area contributed by atoms with Crippen molar-refractivity contribution in [1.29, 1.82) is 0 Å². The van der Waals surface area contributed by atoms with Crippen LogP contribution in [0.3, 0.4) is 0 Å². The summed E-state index contributed by atoms with van der Waals surface area (Å²) >= 11 is 0. The van der Waals surface area contributed by atoms with Crippen LogP contribution in [0.15, 0.2) is 42.5 Å². The topological polar surface area (TPSA) is 65.1 Å². The van der Waals surface area contributed by atoms with Crippen molar-refractivity contribution in [1.82, 2.24) is 10.3 Å². The lowest BCUT2D eigenvalue weighted by Crippen LogP contribution is -2.27. The third-order valence-electron chi connectivity index (χ3n) is 4.01. The van der Waals surface area contributed by atoms with Crippen LogP contribution >= 0.6 is 0 Å². The molecule has 4 nitrogen and oxygen atoms in total. The largest absolute Gasteiger partial charge is 0.393 e. The Morgan fingerprint density at radius 2 is 2.05 bits per heavy atom. The number of fused-ring (bicyclic) bond motifs is 3. The van der Waals surface area contributed by atoms with Gasteiger partial charge in [0.1, 0.15) is 5.69 Å². The molecule has 4 heteroatoms. The van der Waals surface area contributed by atoms with Gasteiger partial charge in [0.15, 0.2) is 0 Å². The summed E-state index contributed by atoms with van der Waals surface area (Å²) in [6.45, 7) is 2.40. The van der Waals surface area contributed by atoms with Crippen LogP contribution in [0.4, 0.5) is 0 Å². The lowest BCUT2D eigenvalue weighted by molar-refractivity contribution is 0.0938. The quantitative estimate of drug-likeness (QED) is 0.677. The Morgan fingerprint density at radius 1 is 1.23 bits per heavy atom. The van der Waals surface area contributed by atoms with Gasteiger partial charge in [-0.1, -0.05) is 37.3 Å². The molecule has 1 atom stereocenters. The second-order valence-electron chi connectivity index (χ2n) is 5.54. The van der Waals surface area contributed by atoms with Crippen LogP contribution in [0.1, 0.15) is 30.3 Å². The number of aliphatic hydroxyl groups is 1. The maximum atomic E-state index is 12.2. The zero-order valence-corrected chi connectivity index (χ0v) is 12.6. The number of H-pyrrole nitrogens is 1. The number of benzene rings is 2. The van der Waals surface area contributed by atoms with Gasteiger partial charge in [-0.25, -0.2) is 0 Å². The third kappa shape index (κ3) is 2.83. The summed E-state index contributed by atoms with van der Waals surface area (Å²) < 4.78 is 0. The van der Waals surface area contributed by atoms with Gasteiger partial charge in [0.05, 0.1) is 6.10 Å². The first-order valence-corrected chi connectivity index (χ1v) is 7.65. The first kappa shape index (κ1) is 14.6. The molecule has 0 aliphatic rings. The van der Waals surface area contributed by atoms with Crippen molar-refractivity contribution in [2.24, 2.45) is 0 Å². The van der Waals surface area contributed by atoms with E-state index in [-0.39, 0.29) is 12.0 Å². The molecule has 0 aliphatic carbocycles. The average Bonchev–Trinajstić information content (AvgIpc) is 2.99. The lowest BCUT2D eigenvalue weighted by atomic mass is 10.1. The number of carbonyl (C=O) groups is 1. The molecule has 1 heterocycles. The molecule has 0 saturated carbocycles. The number of aromatic nitrogens is 1. The monoisotopic (exact) mass is 296 g/mol. The smallest absolute Gasteiger partial charge is 0.267 e. The van der Waals surface area contributed by atoms with Crippen molar-refractivity contribution in [2.45, 2.75) is 25.9 Å². The van der Waals surface area contributed by atoms with Gasteiger partial charge in [-0.05, 0) is 35.7 Å². The summed E-state index contributed by atoms with van der Waals surface area (Å²) in [6.07, 6.45) is 0.923. The zero-order valence-electron chi connectivity index (χ0n) is 12.6. The number of aromatic amines is 1.